The number of Topliss-reactive ketones (excluding diaryl/α,β-unsaturated/α-hetero) is 1. The maximum Gasteiger partial charge on any atom is 0.185 e. The quantitative estimate of drug-likeness (QED) is 0.499. The van der Waals surface area contributed by atoms with Crippen molar-refractivity contribution in [3.8, 4) is 0 Å². The van der Waals surface area contributed by atoms with Crippen LogP contribution in [0, 0.1) is 0 Å². The van der Waals surface area contributed by atoms with Gasteiger partial charge in [0.1, 0.15) is 11.2 Å². The predicted octanol–water partition coefficient (Wildman–Crippen LogP) is 4.53. The molecule has 0 aromatic heterocycles. The van der Waals surface area contributed by atoms with Gasteiger partial charge in [-0.3, -0.25) is 4.79 Å². The van der Waals surface area contributed by atoms with Crippen molar-refractivity contribution in [2.45, 2.75) is 5.41 Å². The summed E-state index contributed by atoms with van der Waals surface area (Å²) in [5, 5.41) is 0. The van der Waals surface area contributed by atoms with E-state index >= 15 is 0 Å². The predicted molar refractivity (Wildman–Crippen MR) is 100 cm³/mol. The monoisotopic (exact) mass is 317 g/mol. The van der Waals surface area contributed by atoms with Gasteiger partial charge in [-0.15, -0.1) is 0 Å². The van der Waals surface area contributed by atoms with E-state index in [0.29, 0.717) is 5.56 Å². The van der Waals surface area contributed by atoms with Crippen LogP contribution in [-0.4, -0.2) is 11.6 Å². The van der Waals surface area contributed by atoms with Crippen LogP contribution in [0.2, 0.25) is 0 Å². The summed E-state index contributed by atoms with van der Waals surface area (Å²) >= 11 is 0. The van der Waals surface area contributed by atoms with E-state index in [-0.39, 0.29) is 5.78 Å². The standard InChI is InChI=1S/C21H17OP/c22-20(17-10-4-1-5-11-17)21(16-23,18-12-6-2-7-13-18)19-14-8-3-9-15-19/h1-16,23H/p+1. The molecule has 3 aromatic rings. The van der Waals surface area contributed by atoms with Gasteiger partial charge in [-0.05, 0) is 11.1 Å². The summed E-state index contributed by atoms with van der Waals surface area (Å²) in [5.74, 6) is 2.00. The number of benzene rings is 3. The summed E-state index contributed by atoms with van der Waals surface area (Å²) in [4.78, 5) is 13.5. The largest absolute Gasteiger partial charge is 0.292 e. The first-order valence-corrected chi connectivity index (χ1v) is 8.22. The van der Waals surface area contributed by atoms with E-state index in [9.17, 15) is 4.79 Å². The Bertz CT molecular complexity index is 756. The number of carbonyl (C=O) groups excluding carboxylic acids is 1. The third-order valence-electron chi connectivity index (χ3n) is 4.10. The Hall–Kier alpha value is -2.50. The minimum Gasteiger partial charge on any atom is -0.292 e. The van der Waals surface area contributed by atoms with Crippen LogP contribution >= 0.6 is 8.86 Å². The van der Waals surface area contributed by atoms with Gasteiger partial charge in [-0.1, -0.05) is 91.0 Å². The number of rotatable bonds is 5. The number of hydrogen-bond donors (Lipinski definition) is 0. The number of carbonyl (C=O) groups is 1. The highest BCUT2D eigenvalue weighted by Gasteiger charge is 2.42. The van der Waals surface area contributed by atoms with Gasteiger partial charge in [0.15, 0.2) is 5.78 Å². The van der Waals surface area contributed by atoms with E-state index in [1.54, 1.807) is 0 Å². The molecule has 1 unspecified atom stereocenters. The summed E-state index contributed by atoms with van der Waals surface area (Å²) in [5.41, 5.74) is 1.83. The fourth-order valence-corrected chi connectivity index (χ4v) is 3.45. The molecular weight excluding hydrogens is 299 g/mol. The van der Waals surface area contributed by atoms with Crippen LogP contribution in [0.5, 0.6) is 0 Å². The lowest BCUT2D eigenvalue weighted by Crippen LogP contribution is -2.38. The zero-order chi connectivity index (χ0) is 16.1. The Morgan fingerprint density at radius 1 is 0.696 bits per heavy atom. The van der Waals surface area contributed by atoms with E-state index in [4.69, 9.17) is 0 Å². The highest BCUT2D eigenvalue weighted by atomic mass is 31.0. The molecule has 0 aliphatic carbocycles. The molecule has 1 atom stereocenters. The molecule has 0 bridgehead atoms. The Labute approximate surface area is 138 Å². The second kappa shape index (κ2) is 6.73. The molecule has 0 spiro atoms. The second-order valence-electron chi connectivity index (χ2n) is 5.40. The van der Waals surface area contributed by atoms with Gasteiger partial charge in [-0.2, -0.15) is 0 Å². The molecule has 1 nitrogen and oxygen atoms in total. The molecule has 3 rings (SSSR count). The minimum atomic E-state index is -0.811. The molecule has 112 valence electrons. The summed E-state index contributed by atoms with van der Waals surface area (Å²) < 4.78 is 0. The molecule has 23 heavy (non-hydrogen) atoms. The van der Waals surface area contributed by atoms with Gasteiger partial charge in [0.2, 0.25) is 0 Å². The summed E-state index contributed by atoms with van der Waals surface area (Å²) in [6.07, 6.45) is 0. The maximum atomic E-state index is 13.5. The average Bonchev–Trinajstić information content (AvgIpc) is 2.65. The first kappa shape index (κ1) is 15.4. The molecule has 0 saturated carbocycles. The fourth-order valence-electron chi connectivity index (χ4n) is 2.92. The first-order valence-electron chi connectivity index (χ1n) is 7.56. The Morgan fingerprint density at radius 3 is 1.48 bits per heavy atom. The van der Waals surface area contributed by atoms with E-state index in [1.807, 2.05) is 96.8 Å². The zero-order valence-corrected chi connectivity index (χ0v) is 13.9. The Kier molecular flexibility index (Phi) is 4.50. The van der Waals surface area contributed by atoms with E-state index in [1.165, 1.54) is 0 Å². The van der Waals surface area contributed by atoms with Crippen molar-refractivity contribution in [1.29, 1.82) is 0 Å². The van der Waals surface area contributed by atoms with Crippen LogP contribution in [-0.2, 0) is 5.41 Å². The van der Waals surface area contributed by atoms with Crippen molar-refractivity contribution < 1.29 is 4.79 Å². The maximum absolute atomic E-state index is 13.5. The van der Waals surface area contributed by atoms with Gasteiger partial charge in [0.05, 0.1) is 8.86 Å². The molecule has 0 aliphatic heterocycles. The average molecular weight is 317 g/mol. The van der Waals surface area contributed by atoms with Crippen molar-refractivity contribution in [2.75, 3.05) is 0 Å². The topological polar surface area (TPSA) is 17.1 Å². The lowest BCUT2D eigenvalue weighted by molar-refractivity contribution is 0.0952. The van der Waals surface area contributed by atoms with Gasteiger partial charge in [0, 0.05) is 5.56 Å². The summed E-state index contributed by atoms with van der Waals surface area (Å²) in [6.45, 7) is 0. The van der Waals surface area contributed by atoms with Crippen molar-refractivity contribution in [2.24, 2.45) is 0 Å². The van der Waals surface area contributed by atoms with Crippen LogP contribution in [0.1, 0.15) is 21.5 Å². The van der Waals surface area contributed by atoms with Crippen LogP contribution in [0.25, 0.3) is 0 Å². The van der Waals surface area contributed by atoms with Crippen molar-refractivity contribution >= 4 is 20.4 Å². The molecule has 0 radical (unpaired) electrons. The van der Waals surface area contributed by atoms with Gasteiger partial charge < -0.3 is 0 Å². The Morgan fingerprint density at radius 2 is 1.09 bits per heavy atom. The van der Waals surface area contributed by atoms with Crippen LogP contribution in [0.15, 0.2) is 91.0 Å². The molecule has 0 saturated heterocycles. The van der Waals surface area contributed by atoms with Gasteiger partial charge in [-0.25, -0.2) is 0 Å². The highest BCUT2D eigenvalue weighted by molar-refractivity contribution is 7.19. The Balaban J connectivity index is 2.26. The molecule has 3 aromatic carbocycles. The summed E-state index contributed by atoms with van der Waals surface area (Å²) in [7, 11) is 2.64. The molecule has 0 amide bonds. The highest BCUT2D eigenvalue weighted by Crippen LogP contribution is 2.34. The van der Waals surface area contributed by atoms with Crippen molar-refractivity contribution in [3.05, 3.63) is 108 Å². The lowest BCUT2D eigenvalue weighted by Gasteiger charge is -2.28. The SMILES string of the molecule is O=C(c1ccccc1)C(C=[PH2+])(c1ccccc1)c1ccccc1. The van der Waals surface area contributed by atoms with Crippen LogP contribution in [0.3, 0.4) is 0 Å². The molecule has 2 heteroatoms. The smallest absolute Gasteiger partial charge is 0.185 e. The van der Waals surface area contributed by atoms with E-state index in [2.05, 4.69) is 8.86 Å². The molecule has 0 heterocycles. The molecule has 0 N–H and O–H groups in total. The number of hydrogen-bond acceptors (Lipinski definition) is 1. The van der Waals surface area contributed by atoms with E-state index < -0.39 is 5.41 Å². The second-order valence-corrected chi connectivity index (χ2v) is 5.74. The third kappa shape index (κ3) is 2.76. The first-order chi connectivity index (χ1) is 11.3. The third-order valence-corrected chi connectivity index (χ3v) is 4.60. The van der Waals surface area contributed by atoms with Crippen LogP contribution in [0.4, 0.5) is 0 Å². The lowest BCUT2D eigenvalue weighted by atomic mass is 9.71. The number of ketones is 1. The fraction of sp³-hybridized carbons (Fsp3) is 0.0476. The van der Waals surface area contributed by atoms with Gasteiger partial charge >= 0.3 is 0 Å². The molecule has 0 aliphatic rings. The van der Waals surface area contributed by atoms with Crippen molar-refractivity contribution in [1.82, 2.24) is 0 Å². The van der Waals surface area contributed by atoms with Crippen LogP contribution < -0.4 is 0 Å². The zero-order valence-electron chi connectivity index (χ0n) is 12.7. The minimum absolute atomic E-state index is 0.0745. The molecule has 0 fully saturated rings. The van der Waals surface area contributed by atoms with Crippen molar-refractivity contribution in [3.63, 3.8) is 0 Å². The normalized spacial score (nSPS) is 11.0. The van der Waals surface area contributed by atoms with Gasteiger partial charge in [0.25, 0.3) is 0 Å². The summed E-state index contributed by atoms with van der Waals surface area (Å²) in [6, 6.07) is 29.3. The molecular formula is C21H18OP+. The van der Waals surface area contributed by atoms with E-state index in [0.717, 1.165) is 11.1 Å².